The molecule has 0 aliphatic heterocycles. The van der Waals surface area contributed by atoms with Crippen LogP contribution in [0.2, 0.25) is 0 Å². The van der Waals surface area contributed by atoms with E-state index in [0.29, 0.717) is 30.2 Å². The Balaban J connectivity index is 1.98. The molecule has 2 rings (SSSR count). The third-order valence-corrected chi connectivity index (χ3v) is 2.44. The highest BCUT2D eigenvalue weighted by atomic mass is 15.3. The van der Waals surface area contributed by atoms with Crippen LogP contribution in [-0.2, 0) is 6.54 Å². The molecular formula is C12H14N6. The van der Waals surface area contributed by atoms with Gasteiger partial charge < -0.3 is 11.1 Å². The number of rotatable bonds is 4. The molecule has 0 amide bonds. The molecule has 6 nitrogen and oxygen atoms in total. The van der Waals surface area contributed by atoms with Crippen LogP contribution in [0.5, 0.6) is 0 Å². The van der Waals surface area contributed by atoms with E-state index >= 15 is 0 Å². The molecular weight excluding hydrogens is 228 g/mol. The third-order valence-electron chi connectivity index (χ3n) is 2.44. The molecule has 0 fully saturated rings. The number of aromatic nitrogens is 3. The first kappa shape index (κ1) is 11.9. The van der Waals surface area contributed by atoms with E-state index in [-0.39, 0.29) is 0 Å². The molecule has 0 aromatic carbocycles. The normalized spacial score (nSPS) is 10.0. The molecule has 0 radical (unpaired) electrons. The number of nitrogens with zero attached hydrogens (tertiary/aromatic N) is 4. The lowest BCUT2D eigenvalue weighted by Crippen LogP contribution is -2.12. The topological polar surface area (TPSA) is 92.5 Å². The molecule has 18 heavy (non-hydrogen) atoms. The summed E-state index contributed by atoms with van der Waals surface area (Å²) in [5.74, 6) is 0.609. The minimum atomic E-state index is 0.542. The van der Waals surface area contributed by atoms with E-state index < -0.39 is 0 Å². The smallest absolute Gasteiger partial charge is 0.144 e. The highest BCUT2D eigenvalue weighted by Crippen LogP contribution is 2.11. The Kier molecular flexibility index (Phi) is 3.44. The Bertz CT molecular complexity index is 580. The molecule has 0 aliphatic rings. The zero-order valence-corrected chi connectivity index (χ0v) is 10.1. The van der Waals surface area contributed by atoms with Gasteiger partial charge in [-0.3, -0.25) is 4.68 Å². The molecule has 0 bridgehead atoms. The first-order chi connectivity index (χ1) is 8.69. The van der Waals surface area contributed by atoms with Crippen molar-refractivity contribution in [2.24, 2.45) is 0 Å². The summed E-state index contributed by atoms with van der Waals surface area (Å²) in [4.78, 5) is 4.29. The molecule has 2 heterocycles. The average molecular weight is 242 g/mol. The summed E-state index contributed by atoms with van der Waals surface area (Å²) in [5.41, 5.74) is 7.63. The van der Waals surface area contributed by atoms with Gasteiger partial charge in [0.25, 0.3) is 0 Å². The Hall–Kier alpha value is -2.55. The Morgan fingerprint density at radius 3 is 3.00 bits per heavy atom. The summed E-state index contributed by atoms with van der Waals surface area (Å²) >= 11 is 0. The monoisotopic (exact) mass is 242 g/mol. The predicted octanol–water partition coefficient (Wildman–Crippen LogP) is 1.15. The van der Waals surface area contributed by atoms with Crippen LogP contribution in [0.3, 0.4) is 0 Å². The largest absolute Gasteiger partial charge is 0.396 e. The lowest BCUT2D eigenvalue weighted by molar-refractivity contribution is 0.637. The zero-order valence-electron chi connectivity index (χ0n) is 10.1. The lowest BCUT2D eigenvalue weighted by Gasteiger charge is -2.08. The average Bonchev–Trinajstić information content (AvgIpc) is 2.75. The predicted molar refractivity (Wildman–Crippen MR) is 68.8 cm³/mol. The minimum Gasteiger partial charge on any atom is -0.396 e. The van der Waals surface area contributed by atoms with E-state index in [2.05, 4.69) is 21.5 Å². The van der Waals surface area contributed by atoms with Crippen molar-refractivity contribution in [2.45, 2.75) is 13.5 Å². The number of nitrogens with one attached hydrogen (secondary N) is 1. The quantitative estimate of drug-likeness (QED) is 0.839. The number of aryl methyl sites for hydroxylation is 1. The standard InChI is InChI=1S/C12H14N6/c1-9-2-3-10(6-13)12(17-9)15-4-5-18-8-11(14)7-16-18/h2-3,7-8H,4-5,14H2,1H3,(H,15,17). The van der Waals surface area contributed by atoms with Crippen molar-refractivity contribution >= 4 is 11.5 Å². The number of hydrogen-bond donors (Lipinski definition) is 2. The van der Waals surface area contributed by atoms with Crippen molar-refractivity contribution in [3.63, 3.8) is 0 Å². The minimum absolute atomic E-state index is 0.542. The van der Waals surface area contributed by atoms with E-state index in [4.69, 9.17) is 11.0 Å². The molecule has 6 heteroatoms. The molecule has 0 atom stereocenters. The molecule has 0 unspecified atom stereocenters. The summed E-state index contributed by atoms with van der Waals surface area (Å²) in [7, 11) is 0. The highest BCUT2D eigenvalue weighted by molar-refractivity contribution is 5.52. The second-order valence-electron chi connectivity index (χ2n) is 3.92. The number of hydrogen-bond acceptors (Lipinski definition) is 5. The molecule has 2 aromatic rings. The van der Waals surface area contributed by atoms with Gasteiger partial charge in [-0.25, -0.2) is 4.98 Å². The molecule has 92 valence electrons. The fourth-order valence-corrected chi connectivity index (χ4v) is 1.57. The first-order valence-electron chi connectivity index (χ1n) is 5.58. The van der Waals surface area contributed by atoms with Crippen LogP contribution < -0.4 is 11.1 Å². The Morgan fingerprint density at radius 1 is 1.50 bits per heavy atom. The summed E-state index contributed by atoms with van der Waals surface area (Å²) < 4.78 is 1.74. The molecule has 2 aromatic heterocycles. The van der Waals surface area contributed by atoms with E-state index in [1.807, 2.05) is 13.0 Å². The molecule has 0 saturated carbocycles. The second-order valence-corrected chi connectivity index (χ2v) is 3.92. The summed E-state index contributed by atoms with van der Waals surface area (Å²) in [6, 6.07) is 5.69. The Labute approximate surface area is 105 Å². The van der Waals surface area contributed by atoms with Gasteiger partial charge in [0.15, 0.2) is 0 Å². The van der Waals surface area contributed by atoms with Gasteiger partial charge in [-0.05, 0) is 19.1 Å². The van der Waals surface area contributed by atoms with Gasteiger partial charge in [-0.15, -0.1) is 0 Å². The fourth-order valence-electron chi connectivity index (χ4n) is 1.57. The maximum absolute atomic E-state index is 8.96. The van der Waals surface area contributed by atoms with Crippen LogP contribution in [-0.4, -0.2) is 21.3 Å². The van der Waals surface area contributed by atoms with E-state index in [1.165, 1.54) is 0 Å². The van der Waals surface area contributed by atoms with Crippen molar-refractivity contribution in [1.82, 2.24) is 14.8 Å². The van der Waals surface area contributed by atoms with Crippen molar-refractivity contribution in [2.75, 3.05) is 17.6 Å². The van der Waals surface area contributed by atoms with Crippen molar-refractivity contribution in [3.05, 3.63) is 35.8 Å². The SMILES string of the molecule is Cc1ccc(C#N)c(NCCn2cc(N)cn2)n1. The van der Waals surface area contributed by atoms with Crippen molar-refractivity contribution in [3.8, 4) is 6.07 Å². The number of anilines is 2. The molecule has 0 spiro atoms. The van der Waals surface area contributed by atoms with Gasteiger partial charge in [-0.2, -0.15) is 10.4 Å². The fraction of sp³-hybridized carbons (Fsp3) is 0.250. The summed E-state index contributed by atoms with van der Waals surface area (Å²) in [6.45, 7) is 3.18. The zero-order chi connectivity index (χ0) is 13.0. The third kappa shape index (κ3) is 2.77. The second kappa shape index (κ2) is 5.19. The van der Waals surface area contributed by atoms with Crippen LogP contribution in [0.1, 0.15) is 11.3 Å². The van der Waals surface area contributed by atoms with Gasteiger partial charge >= 0.3 is 0 Å². The Morgan fingerprint density at radius 2 is 2.33 bits per heavy atom. The van der Waals surface area contributed by atoms with Crippen molar-refractivity contribution < 1.29 is 0 Å². The first-order valence-corrected chi connectivity index (χ1v) is 5.58. The molecule has 3 N–H and O–H groups in total. The van der Waals surface area contributed by atoms with Gasteiger partial charge in [-0.1, -0.05) is 0 Å². The maximum Gasteiger partial charge on any atom is 0.144 e. The van der Waals surface area contributed by atoms with Crippen LogP contribution in [0, 0.1) is 18.3 Å². The number of nitrogen functional groups attached to an aromatic ring is 1. The van der Waals surface area contributed by atoms with E-state index in [1.54, 1.807) is 23.1 Å². The number of nitrogens with two attached hydrogens (primary N) is 1. The van der Waals surface area contributed by atoms with Crippen LogP contribution >= 0.6 is 0 Å². The summed E-state index contributed by atoms with van der Waals surface area (Å²) in [5, 5.41) is 16.2. The van der Waals surface area contributed by atoms with Gasteiger partial charge in [0.2, 0.25) is 0 Å². The maximum atomic E-state index is 8.96. The van der Waals surface area contributed by atoms with Crippen LogP contribution in [0.4, 0.5) is 11.5 Å². The summed E-state index contributed by atoms with van der Waals surface area (Å²) in [6.07, 6.45) is 3.36. The highest BCUT2D eigenvalue weighted by Gasteiger charge is 2.03. The van der Waals surface area contributed by atoms with E-state index in [9.17, 15) is 0 Å². The van der Waals surface area contributed by atoms with Crippen LogP contribution in [0.15, 0.2) is 24.5 Å². The van der Waals surface area contributed by atoms with Crippen molar-refractivity contribution in [1.29, 1.82) is 5.26 Å². The van der Waals surface area contributed by atoms with Gasteiger partial charge in [0.1, 0.15) is 11.9 Å². The number of nitriles is 1. The number of pyridine rings is 1. The van der Waals surface area contributed by atoms with E-state index in [0.717, 1.165) is 5.69 Å². The van der Waals surface area contributed by atoms with Gasteiger partial charge in [0.05, 0.1) is 24.0 Å². The molecule has 0 saturated heterocycles. The lowest BCUT2D eigenvalue weighted by atomic mass is 10.2. The van der Waals surface area contributed by atoms with Gasteiger partial charge in [0, 0.05) is 18.4 Å². The molecule has 0 aliphatic carbocycles. The van der Waals surface area contributed by atoms with Crippen LogP contribution in [0.25, 0.3) is 0 Å².